The summed E-state index contributed by atoms with van der Waals surface area (Å²) in [5, 5.41) is 3.00. The minimum Gasteiger partial charge on any atom is -0.493 e. The largest absolute Gasteiger partial charge is 0.493 e. The number of piperidine rings is 1. The van der Waals surface area contributed by atoms with E-state index in [0.29, 0.717) is 36.2 Å². The zero-order valence-corrected chi connectivity index (χ0v) is 19.2. The van der Waals surface area contributed by atoms with Gasteiger partial charge in [0.05, 0.1) is 18.5 Å². The second kappa shape index (κ2) is 11.2. The lowest BCUT2D eigenvalue weighted by Gasteiger charge is -2.32. The molecule has 1 aromatic heterocycles. The summed E-state index contributed by atoms with van der Waals surface area (Å²) in [6, 6.07) is 10.9. The third-order valence-electron chi connectivity index (χ3n) is 6.77. The molecule has 2 heterocycles. The molecule has 7 nitrogen and oxygen atoms in total. The van der Waals surface area contributed by atoms with Crippen molar-refractivity contribution in [1.82, 2.24) is 4.98 Å². The van der Waals surface area contributed by atoms with Crippen LogP contribution < -0.4 is 20.7 Å². The molecule has 2 aliphatic rings. The summed E-state index contributed by atoms with van der Waals surface area (Å²) < 4.78 is 5.90. The number of pyridine rings is 1. The molecular weight excluding hydrogens is 416 g/mol. The Morgan fingerprint density at radius 2 is 1.82 bits per heavy atom. The second-order valence-corrected chi connectivity index (χ2v) is 9.29. The molecule has 1 saturated heterocycles. The molecule has 0 radical (unpaired) electrons. The van der Waals surface area contributed by atoms with E-state index in [9.17, 15) is 9.59 Å². The molecular formula is C26H34N4O3. The first-order chi connectivity index (χ1) is 16.1. The van der Waals surface area contributed by atoms with Crippen molar-refractivity contribution in [3.05, 3.63) is 48.2 Å². The number of hydrogen-bond acceptors (Lipinski definition) is 5. The molecule has 176 valence electrons. The Morgan fingerprint density at radius 1 is 1.03 bits per heavy atom. The van der Waals surface area contributed by atoms with E-state index in [1.54, 1.807) is 24.4 Å². The summed E-state index contributed by atoms with van der Waals surface area (Å²) in [6.45, 7) is 2.45. The Hall–Kier alpha value is -3.09. The monoisotopic (exact) mass is 450 g/mol. The molecule has 0 unspecified atom stereocenters. The maximum Gasteiger partial charge on any atom is 0.248 e. The minimum atomic E-state index is -0.448. The highest BCUT2D eigenvalue weighted by Gasteiger charge is 2.21. The third-order valence-corrected chi connectivity index (χ3v) is 6.77. The van der Waals surface area contributed by atoms with Crippen molar-refractivity contribution in [2.45, 2.75) is 51.4 Å². The van der Waals surface area contributed by atoms with Crippen molar-refractivity contribution in [1.29, 1.82) is 0 Å². The minimum absolute atomic E-state index is 0.0960. The van der Waals surface area contributed by atoms with Gasteiger partial charge in [-0.3, -0.25) is 9.59 Å². The number of anilines is 2. The highest BCUT2D eigenvalue weighted by molar-refractivity contribution is 5.93. The van der Waals surface area contributed by atoms with Crippen LogP contribution in [0.1, 0.15) is 61.7 Å². The maximum absolute atomic E-state index is 12.3. The lowest BCUT2D eigenvalue weighted by molar-refractivity contribution is -0.117. The summed E-state index contributed by atoms with van der Waals surface area (Å²) >= 11 is 0. The van der Waals surface area contributed by atoms with Crippen molar-refractivity contribution in [2.75, 3.05) is 29.9 Å². The van der Waals surface area contributed by atoms with Gasteiger partial charge in [0.1, 0.15) is 11.6 Å². The molecule has 33 heavy (non-hydrogen) atoms. The van der Waals surface area contributed by atoms with Crippen LogP contribution >= 0.6 is 0 Å². The smallest absolute Gasteiger partial charge is 0.248 e. The van der Waals surface area contributed by atoms with Gasteiger partial charge in [-0.05, 0) is 67.9 Å². The number of rotatable bonds is 8. The fraction of sp³-hybridized carbons (Fsp3) is 0.500. The predicted octanol–water partition coefficient (Wildman–Crippen LogP) is 4.38. The summed E-state index contributed by atoms with van der Waals surface area (Å²) in [5.41, 5.74) is 6.56. The molecule has 1 aliphatic heterocycles. The lowest BCUT2D eigenvalue weighted by Crippen LogP contribution is -2.36. The van der Waals surface area contributed by atoms with Crippen molar-refractivity contribution in [3.63, 3.8) is 0 Å². The predicted molar refractivity (Wildman–Crippen MR) is 129 cm³/mol. The Labute approximate surface area is 195 Å². The van der Waals surface area contributed by atoms with E-state index in [4.69, 9.17) is 10.5 Å². The first-order valence-corrected chi connectivity index (χ1v) is 12.1. The molecule has 0 spiro atoms. The van der Waals surface area contributed by atoms with E-state index in [-0.39, 0.29) is 5.91 Å². The number of ether oxygens (including phenoxy) is 1. The van der Waals surface area contributed by atoms with E-state index in [0.717, 1.165) is 37.4 Å². The number of hydrogen-bond donors (Lipinski definition) is 2. The second-order valence-electron chi connectivity index (χ2n) is 9.29. The number of carbonyl (C=O) groups is 2. The molecule has 0 bridgehead atoms. The van der Waals surface area contributed by atoms with Crippen LogP contribution in [0.25, 0.3) is 0 Å². The van der Waals surface area contributed by atoms with Crippen molar-refractivity contribution < 1.29 is 14.3 Å². The van der Waals surface area contributed by atoms with E-state index in [2.05, 4.69) is 15.2 Å². The number of nitrogens with one attached hydrogen (secondary N) is 1. The molecule has 3 N–H and O–H groups in total. The maximum atomic E-state index is 12.3. The van der Waals surface area contributed by atoms with Gasteiger partial charge in [-0.2, -0.15) is 0 Å². The van der Waals surface area contributed by atoms with E-state index in [1.807, 2.05) is 18.2 Å². The molecule has 1 aliphatic carbocycles. The normalized spacial score (nSPS) is 17.5. The average Bonchev–Trinajstić information content (AvgIpc) is 2.84. The number of benzene rings is 1. The number of primary amides is 1. The fourth-order valence-corrected chi connectivity index (χ4v) is 4.79. The van der Waals surface area contributed by atoms with Gasteiger partial charge in [0, 0.05) is 25.1 Å². The van der Waals surface area contributed by atoms with Gasteiger partial charge < -0.3 is 20.7 Å². The molecule has 1 saturated carbocycles. The molecule has 7 heteroatoms. The van der Waals surface area contributed by atoms with E-state index in [1.165, 1.54) is 32.1 Å². The highest BCUT2D eigenvalue weighted by Crippen LogP contribution is 2.27. The first-order valence-electron chi connectivity index (χ1n) is 12.1. The number of aromatic nitrogens is 1. The Balaban J connectivity index is 1.20. The average molecular weight is 451 g/mol. The Kier molecular flexibility index (Phi) is 7.81. The van der Waals surface area contributed by atoms with Gasteiger partial charge in [0.15, 0.2) is 0 Å². The van der Waals surface area contributed by atoms with Gasteiger partial charge in [-0.15, -0.1) is 0 Å². The zero-order valence-electron chi connectivity index (χ0n) is 19.2. The van der Waals surface area contributed by atoms with E-state index >= 15 is 0 Å². The van der Waals surface area contributed by atoms with Crippen LogP contribution in [0, 0.1) is 11.8 Å². The molecule has 1 aromatic carbocycles. The summed E-state index contributed by atoms with van der Waals surface area (Å²) in [7, 11) is 0. The fourth-order valence-electron chi connectivity index (χ4n) is 4.79. The Bertz CT molecular complexity index is 933. The van der Waals surface area contributed by atoms with Crippen LogP contribution in [-0.2, 0) is 4.79 Å². The number of nitrogens with zero attached hydrogens (tertiary/aromatic N) is 2. The SMILES string of the molecule is NC(=O)c1cccc(OCC2CCN(c3ccc(NC(=O)CC4CCCCC4)cn3)CC2)c1. The van der Waals surface area contributed by atoms with E-state index < -0.39 is 5.91 Å². The molecule has 4 rings (SSSR count). The zero-order chi connectivity index (χ0) is 23.0. The van der Waals surface area contributed by atoms with Crippen molar-refractivity contribution >= 4 is 23.3 Å². The van der Waals surface area contributed by atoms with Crippen LogP contribution in [-0.4, -0.2) is 36.5 Å². The van der Waals surface area contributed by atoms with Crippen LogP contribution in [0.3, 0.4) is 0 Å². The van der Waals surface area contributed by atoms with Gasteiger partial charge >= 0.3 is 0 Å². The van der Waals surface area contributed by atoms with Gasteiger partial charge in [-0.25, -0.2) is 4.98 Å². The van der Waals surface area contributed by atoms with Crippen LogP contribution in [0.4, 0.5) is 11.5 Å². The summed E-state index contributed by atoms with van der Waals surface area (Å²) in [5.74, 6) is 2.25. The van der Waals surface area contributed by atoms with Gasteiger partial charge in [0.25, 0.3) is 0 Å². The number of nitrogens with two attached hydrogens (primary N) is 1. The molecule has 2 amide bonds. The van der Waals surface area contributed by atoms with Gasteiger partial charge in [-0.1, -0.05) is 25.3 Å². The standard InChI is InChI=1S/C26H34N4O3/c27-26(32)21-7-4-8-23(16-21)33-18-20-11-13-30(14-12-20)24-10-9-22(17-28-24)29-25(31)15-19-5-2-1-3-6-19/h4,7-10,16-17,19-20H,1-3,5-6,11-15,18H2,(H2,27,32)(H,29,31). The molecule has 2 aromatic rings. The third kappa shape index (κ3) is 6.70. The van der Waals surface area contributed by atoms with Crippen molar-refractivity contribution in [3.8, 4) is 5.75 Å². The lowest BCUT2D eigenvalue weighted by atomic mass is 9.87. The number of carbonyl (C=O) groups excluding carboxylic acids is 2. The summed E-state index contributed by atoms with van der Waals surface area (Å²) in [4.78, 5) is 30.5. The van der Waals surface area contributed by atoms with Crippen LogP contribution in [0.5, 0.6) is 5.75 Å². The summed E-state index contributed by atoms with van der Waals surface area (Å²) in [6.07, 6.45) is 10.5. The molecule has 0 atom stereocenters. The number of amides is 2. The molecule has 2 fully saturated rings. The Morgan fingerprint density at radius 3 is 2.52 bits per heavy atom. The topological polar surface area (TPSA) is 97.5 Å². The van der Waals surface area contributed by atoms with Crippen molar-refractivity contribution in [2.24, 2.45) is 17.6 Å². The van der Waals surface area contributed by atoms with Gasteiger partial charge in [0.2, 0.25) is 11.8 Å². The van der Waals surface area contributed by atoms with Crippen LogP contribution in [0.15, 0.2) is 42.6 Å². The first kappa shape index (κ1) is 23.1. The van der Waals surface area contributed by atoms with Crippen LogP contribution in [0.2, 0.25) is 0 Å². The highest BCUT2D eigenvalue weighted by atomic mass is 16.5. The quantitative estimate of drug-likeness (QED) is 0.622.